The van der Waals surface area contributed by atoms with Crippen LogP contribution in [-0.4, -0.2) is 40.6 Å². The van der Waals surface area contributed by atoms with Crippen LogP contribution in [0.1, 0.15) is 48.8 Å². The summed E-state index contributed by atoms with van der Waals surface area (Å²) in [4.78, 5) is 12.3. The van der Waals surface area contributed by atoms with Gasteiger partial charge in [-0.25, -0.2) is 22.6 Å². The first-order chi connectivity index (χ1) is 12.5. The van der Waals surface area contributed by atoms with Crippen LogP contribution in [-0.2, 0) is 27.9 Å². The fourth-order valence-corrected chi connectivity index (χ4v) is 3.59. The Kier molecular flexibility index (Phi) is 5.62. The molecule has 140 valence electrons. The van der Waals surface area contributed by atoms with Crippen molar-refractivity contribution in [1.29, 1.82) is 0 Å². The van der Waals surface area contributed by atoms with Crippen LogP contribution < -0.4 is 4.72 Å². The van der Waals surface area contributed by atoms with Gasteiger partial charge in [-0.1, -0.05) is 13.3 Å². The molecule has 1 aromatic carbocycles. The standard InChI is InChI=1S/C16H21N5O4S/c1-2-3-10-21-15(17-19-20-21)11-25-16(22)12-4-8-14(9-5-12)26(23,24)18-13-6-7-13/h4-5,8-9,13,18H,2-3,6-7,10-11H2,1H3. The van der Waals surface area contributed by atoms with Gasteiger partial charge in [0.25, 0.3) is 0 Å². The number of sulfonamides is 1. The molecule has 1 aliphatic rings. The van der Waals surface area contributed by atoms with Gasteiger partial charge in [0.15, 0.2) is 12.4 Å². The second-order valence-electron chi connectivity index (χ2n) is 6.17. The first-order valence-electron chi connectivity index (χ1n) is 8.54. The zero-order chi connectivity index (χ0) is 18.6. The number of ether oxygens (including phenoxy) is 1. The van der Waals surface area contributed by atoms with E-state index in [9.17, 15) is 13.2 Å². The van der Waals surface area contributed by atoms with Gasteiger partial charge in [-0.15, -0.1) is 5.10 Å². The highest BCUT2D eigenvalue weighted by molar-refractivity contribution is 7.89. The molecule has 3 rings (SSSR count). The van der Waals surface area contributed by atoms with Crippen molar-refractivity contribution in [1.82, 2.24) is 24.9 Å². The number of tetrazole rings is 1. The summed E-state index contributed by atoms with van der Waals surface area (Å²) in [5.41, 5.74) is 0.267. The molecule has 0 saturated heterocycles. The molecule has 0 unspecified atom stereocenters. The summed E-state index contributed by atoms with van der Waals surface area (Å²) in [6.45, 7) is 2.68. The smallest absolute Gasteiger partial charge is 0.338 e. The minimum atomic E-state index is -3.53. The summed E-state index contributed by atoms with van der Waals surface area (Å²) in [7, 11) is -3.53. The van der Waals surface area contributed by atoms with Gasteiger partial charge in [0, 0.05) is 12.6 Å². The molecule has 9 nitrogen and oxygen atoms in total. The number of unbranched alkanes of at least 4 members (excludes halogenated alkanes) is 1. The molecule has 0 radical (unpaired) electrons. The van der Waals surface area contributed by atoms with Gasteiger partial charge in [-0.3, -0.25) is 0 Å². The number of nitrogens with one attached hydrogen (secondary N) is 1. The zero-order valence-corrected chi connectivity index (χ0v) is 15.3. The molecule has 0 bridgehead atoms. The lowest BCUT2D eigenvalue weighted by Gasteiger charge is -2.07. The third-order valence-corrected chi connectivity index (χ3v) is 5.50. The SMILES string of the molecule is CCCCn1nnnc1COC(=O)c1ccc(S(=O)(=O)NC2CC2)cc1. The maximum Gasteiger partial charge on any atom is 0.338 e. The normalized spacial score (nSPS) is 14.3. The van der Waals surface area contributed by atoms with E-state index in [2.05, 4.69) is 27.2 Å². The lowest BCUT2D eigenvalue weighted by molar-refractivity contribution is 0.0456. The van der Waals surface area contributed by atoms with E-state index >= 15 is 0 Å². The van der Waals surface area contributed by atoms with Crippen molar-refractivity contribution in [2.24, 2.45) is 0 Å². The van der Waals surface area contributed by atoms with Crippen molar-refractivity contribution in [2.45, 2.75) is 56.7 Å². The summed E-state index contributed by atoms with van der Waals surface area (Å²) in [6, 6.07) is 5.69. The first kappa shape index (κ1) is 18.5. The zero-order valence-electron chi connectivity index (χ0n) is 14.5. The number of carbonyl (C=O) groups excluding carboxylic acids is 1. The number of benzene rings is 1. The van der Waals surface area contributed by atoms with Crippen LogP contribution in [0.2, 0.25) is 0 Å². The maximum absolute atomic E-state index is 12.1. The predicted molar refractivity (Wildman–Crippen MR) is 91.6 cm³/mol. The molecule has 1 heterocycles. The number of hydrogen-bond donors (Lipinski definition) is 1. The van der Waals surface area contributed by atoms with Crippen molar-refractivity contribution in [3.05, 3.63) is 35.7 Å². The van der Waals surface area contributed by atoms with Crippen LogP contribution in [0.25, 0.3) is 0 Å². The van der Waals surface area contributed by atoms with E-state index in [1.807, 2.05) is 0 Å². The Morgan fingerprint density at radius 1 is 1.31 bits per heavy atom. The van der Waals surface area contributed by atoms with E-state index in [1.54, 1.807) is 4.68 Å². The van der Waals surface area contributed by atoms with Gasteiger partial charge >= 0.3 is 5.97 Å². The Labute approximate surface area is 151 Å². The number of rotatable bonds is 9. The Hall–Kier alpha value is -2.33. The molecule has 0 spiro atoms. The van der Waals surface area contributed by atoms with Crippen LogP contribution in [0.15, 0.2) is 29.2 Å². The molecule has 1 N–H and O–H groups in total. The molecular formula is C16H21N5O4S. The molecule has 0 atom stereocenters. The number of aromatic nitrogens is 4. The van der Waals surface area contributed by atoms with Gasteiger partial charge in [0.05, 0.1) is 10.5 Å². The van der Waals surface area contributed by atoms with Crippen LogP contribution in [0.4, 0.5) is 0 Å². The monoisotopic (exact) mass is 379 g/mol. The highest BCUT2D eigenvalue weighted by atomic mass is 32.2. The summed E-state index contributed by atoms with van der Waals surface area (Å²) in [6.07, 6.45) is 3.66. The van der Waals surface area contributed by atoms with Crippen LogP contribution in [0.5, 0.6) is 0 Å². The fraction of sp³-hybridized carbons (Fsp3) is 0.500. The second kappa shape index (κ2) is 7.92. The third-order valence-electron chi connectivity index (χ3n) is 3.96. The van der Waals surface area contributed by atoms with Crippen LogP contribution in [0.3, 0.4) is 0 Å². The molecule has 0 aliphatic heterocycles. The summed E-state index contributed by atoms with van der Waals surface area (Å²) >= 11 is 0. The third kappa shape index (κ3) is 4.64. The molecule has 1 aromatic heterocycles. The average molecular weight is 379 g/mol. The van der Waals surface area contributed by atoms with Gasteiger partial charge in [0.2, 0.25) is 10.0 Å². The Bertz CT molecular complexity index is 859. The van der Waals surface area contributed by atoms with Gasteiger partial charge < -0.3 is 4.74 Å². The molecule has 10 heteroatoms. The summed E-state index contributed by atoms with van der Waals surface area (Å²) in [5.74, 6) is -0.0891. The van der Waals surface area contributed by atoms with Crippen molar-refractivity contribution in [3.8, 4) is 0 Å². The lowest BCUT2D eigenvalue weighted by atomic mass is 10.2. The number of hydrogen-bond acceptors (Lipinski definition) is 7. The van der Waals surface area contributed by atoms with E-state index in [0.29, 0.717) is 12.4 Å². The van der Waals surface area contributed by atoms with E-state index in [-0.39, 0.29) is 23.1 Å². The average Bonchev–Trinajstić information content (AvgIpc) is 3.32. The Balaban J connectivity index is 1.59. The molecule has 1 saturated carbocycles. The number of nitrogens with zero attached hydrogens (tertiary/aromatic N) is 4. The highest BCUT2D eigenvalue weighted by Crippen LogP contribution is 2.22. The molecule has 0 amide bonds. The van der Waals surface area contributed by atoms with E-state index in [0.717, 1.165) is 25.7 Å². The molecule has 2 aromatic rings. The fourth-order valence-electron chi connectivity index (χ4n) is 2.28. The van der Waals surface area contributed by atoms with E-state index in [4.69, 9.17) is 4.74 Å². The topological polar surface area (TPSA) is 116 Å². The molecule has 26 heavy (non-hydrogen) atoms. The number of esters is 1. The summed E-state index contributed by atoms with van der Waals surface area (Å²) < 4.78 is 33.7. The predicted octanol–water partition coefficient (Wildman–Crippen LogP) is 1.27. The summed E-state index contributed by atoms with van der Waals surface area (Å²) in [5, 5.41) is 11.3. The Morgan fingerprint density at radius 2 is 2.04 bits per heavy atom. The first-order valence-corrected chi connectivity index (χ1v) is 10.0. The minimum absolute atomic E-state index is 0.0308. The Morgan fingerprint density at radius 3 is 2.69 bits per heavy atom. The van der Waals surface area contributed by atoms with Crippen molar-refractivity contribution in [3.63, 3.8) is 0 Å². The number of aryl methyl sites for hydroxylation is 1. The van der Waals surface area contributed by atoms with E-state index < -0.39 is 16.0 Å². The largest absolute Gasteiger partial charge is 0.454 e. The quantitative estimate of drug-likeness (QED) is 0.652. The minimum Gasteiger partial charge on any atom is -0.454 e. The molecule has 1 aliphatic carbocycles. The van der Waals surface area contributed by atoms with Gasteiger partial charge in [0.1, 0.15) is 0 Å². The highest BCUT2D eigenvalue weighted by Gasteiger charge is 2.28. The maximum atomic E-state index is 12.1. The van der Waals surface area contributed by atoms with Crippen molar-refractivity contribution in [2.75, 3.05) is 0 Å². The van der Waals surface area contributed by atoms with Crippen molar-refractivity contribution < 1.29 is 17.9 Å². The molecule has 1 fully saturated rings. The van der Waals surface area contributed by atoms with Crippen molar-refractivity contribution >= 4 is 16.0 Å². The molecular weight excluding hydrogens is 358 g/mol. The van der Waals surface area contributed by atoms with Crippen LogP contribution >= 0.6 is 0 Å². The van der Waals surface area contributed by atoms with Crippen LogP contribution in [0, 0.1) is 0 Å². The lowest BCUT2D eigenvalue weighted by Crippen LogP contribution is -2.25. The number of carbonyl (C=O) groups is 1. The van der Waals surface area contributed by atoms with Gasteiger partial charge in [-0.2, -0.15) is 0 Å². The van der Waals surface area contributed by atoms with E-state index in [1.165, 1.54) is 24.3 Å². The van der Waals surface area contributed by atoms with Gasteiger partial charge in [-0.05, 0) is 54.0 Å². The second-order valence-corrected chi connectivity index (χ2v) is 7.88.